The van der Waals surface area contributed by atoms with E-state index in [4.69, 9.17) is 23.7 Å². The van der Waals surface area contributed by atoms with Gasteiger partial charge in [0.2, 0.25) is 0 Å². The van der Waals surface area contributed by atoms with E-state index in [-0.39, 0.29) is 25.0 Å². The first-order chi connectivity index (χ1) is 21.2. The second-order valence-electron chi connectivity index (χ2n) is 12.9. The van der Waals surface area contributed by atoms with Gasteiger partial charge in [0.15, 0.2) is 18.5 Å². The molecule has 2 aromatic carbocycles. The average Bonchev–Trinajstić information content (AvgIpc) is 3.48. The van der Waals surface area contributed by atoms with Gasteiger partial charge in [-0.1, -0.05) is 96.0 Å². The summed E-state index contributed by atoms with van der Waals surface area (Å²) in [6.07, 6.45) is 9.19. The van der Waals surface area contributed by atoms with Crippen LogP contribution in [0.1, 0.15) is 85.0 Å². The Hall–Kier alpha value is -3.16. The minimum Gasteiger partial charge on any atom is -0.490 e. The van der Waals surface area contributed by atoms with E-state index < -0.39 is 30.4 Å². The van der Waals surface area contributed by atoms with Crippen LogP contribution in [-0.4, -0.2) is 44.0 Å². The van der Waals surface area contributed by atoms with Gasteiger partial charge in [0.1, 0.15) is 12.4 Å². The van der Waals surface area contributed by atoms with Crippen molar-refractivity contribution in [3.05, 3.63) is 66.2 Å². The average molecular weight is 607 g/mol. The Morgan fingerprint density at radius 1 is 0.795 bits per heavy atom. The third kappa shape index (κ3) is 9.93. The first-order valence-corrected chi connectivity index (χ1v) is 16.4. The van der Waals surface area contributed by atoms with Crippen molar-refractivity contribution < 1.29 is 33.3 Å². The summed E-state index contributed by atoms with van der Waals surface area (Å²) in [5.74, 6) is 1.49. The first kappa shape index (κ1) is 33.7. The molecule has 0 aromatic heterocycles. The van der Waals surface area contributed by atoms with Crippen LogP contribution in [-0.2, 0) is 28.5 Å². The van der Waals surface area contributed by atoms with Crippen LogP contribution in [0.15, 0.2) is 60.7 Å². The highest BCUT2D eigenvalue weighted by Crippen LogP contribution is 2.35. The van der Waals surface area contributed by atoms with Crippen molar-refractivity contribution in [3.63, 3.8) is 0 Å². The largest absolute Gasteiger partial charge is 0.490 e. The molecular formula is C37H50O7. The Kier molecular flexibility index (Phi) is 12.9. The van der Waals surface area contributed by atoms with E-state index >= 15 is 0 Å². The summed E-state index contributed by atoms with van der Waals surface area (Å²) in [4.78, 5) is 25.6. The number of ether oxygens (including phenoxy) is 5. The first-order valence-electron chi connectivity index (χ1n) is 16.4. The molecule has 2 aromatic rings. The fraction of sp³-hybridized carbons (Fsp3) is 0.568. The molecule has 0 bridgehead atoms. The predicted molar refractivity (Wildman–Crippen MR) is 171 cm³/mol. The molecule has 1 heterocycles. The third-order valence-corrected chi connectivity index (χ3v) is 8.11. The molecule has 2 atom stereocenters. The molecule has 0 unspecified atom stereocenters. The van der Waals surface area contributed by atoms with Crippen molar-refractivity contribution in [2.75, 3.05) is 19.8 Å². The molecule has 1 aliphatic carbocycles. The molecule has 2 fully saturated rings. The lowest BCUT2D eigenvalue weighted by atomic mass is 9.80. The zero-order valence-corrected chi connectivity index (χ0v) is 27.0. The molecule has 44 heavy (non-hydrogen) atoms. The van der Waals surface area contributed by atoms with E-state index in [0.29, 0.717) is 18.1 Å². The van der Waals surface area contributed by atoms with Crippen LogP contribution in [0, 0.1) is 23.7 Å². The van der Waals surface area contributed by atoms with E-state index in [1.807, 2.05) is 76.2 Å². The number of hydrogen-bond donors (Lipinski definition) is 0. The van der Waals surface area contributed by atoms with E-state index in [9.17, 15) is 9.59 Å². The van der Waals surface area contributed by atoms with Crippen molar-refractivity contribution >= 4 is 11.9 Å². The Morgan fingerprint density at radius 3 is 1.82 bits per heavy atom. The van der Waals surface area contributed by atoms with Gasteiger partial charge in [-0.3, -0.25) is 0 Å². The highest BCUT2D eigenvalue weighted by Gasteiger charge is 2.47. The SMILES string of the molecule is CCCC1CCC(C=CCOc2ccc(-c3ccc(C4O[C@@H](C(=O)OCC(C)C)[C@H](C(=O)OCC(C)C)O4)cc3)cc2)CC1. The summed E-state index contributed by atoms with van der Waals surface area (Å²) < 4.78 is 28.5. The van der Waals surface area contributed by atoms with Crippen LogP contribution in [0.25, 0.3) is 11.1 Å². The monoisotopic (exact) mass is 606 g/mol. The third-order valence-electron chi connectivity index (χ3n) is 8.11. The number of carbonyl (C=O) groups is 2. The standard InChI is InChI=1S/C37H50O7/c1-6-8-27-10-12-28(13-11-27)9-7-22-40-32-20-18-30(19-21-32)29-14-16-31(17-15-29)37-43-33(35(38)41-23-25(2)3)34(44-37)36(39)42-24-26(4)5/h7,9,14-21,25-28,33-34,37H,6,8,10-13,22-24H2,1-5H3/t27?,28?,33-,34-/m1/s1. The van der Waals surface area contributed by atoms with Crippen molar-refractivity contribution in [3.8, 4) is 16.9 Å². The van der Waals surface area contributed by atoms with Crippen LogP contribution < -0.4 is 4.74 Å². The van der Waals surface area contributed by atoms with E-state index in [1.165, 1.54) is 38.5 Å². The molecule has 7 nitrogen and oxygen atoms in total. The summed E-state index contributed by atoms with van der Waals surface area (Å²) in [5, 5.41) is 0. The second-order valence-corrected chi connectivity index (χ2v) is 12.9. The number of hydrogen-bond acceptors (Lipinski definition) is 7. The molecule has 0 amide bonds. The van der Waals surface area contributed by atoms with Crippen LogP contribution in [0.2, 0.25) is 0 Å². The predicted octanol–water partition coefficient (Wildman–Crippen LogP) is 8.08. The minimum absolute atomic E-state index is 0.151. The van der Waals surface area contributed by atoms with E-state index in [0.717, 1.165) is 22.8 Å². The maximum Gasteiger partial charge on any atom is 0.338 e. The molecule has 240 valence electrons. The molecular weight excluding hydrogens is 556 g/mol. The van der Waals surface area contributed by atoms with Gasteiger partial charge in [-0.05, 0) is 72.6 Å². The number of benzene rings is 2. The summed E-state index contributed by atoms with van der Waals surface area (Å²) in [7, 11) is 0. The molecule has 4 rings (SSSR count). The fourth-order valence-corrected chi connectivity index (χ4v) is 5.66. The van der Waals surface area contributed by atoms with Crippen molar-refractivity contribution in [2.45, 2.75) is 91.6 Å². The van der Waals surface area contributed by atoms with Gasteiger partial charge in [-0.25, -0.2) is 9.59 Å². The lowest BCUT2D eigenvalue weighted by Gasteiger charge is -2.26. The van der Waals surface area contributed by atoms with Crippen molar-refractivity contribution in [1.82, 2.24) is 0 Å². The number of rotatable bonds is 14. The lowest BCUT2D eigenvalue weighted by molar-refractivity contribution is -0.164. The van der Waals surface area contributed by atoms with Gasteiger partial charge in [-0.2, -0.15) is 0 Å². The Bertz CT molecular complexity index is 1160. The summed E-state index contributed by atoms with van der Waals surface area (Å²) in [6, 6.07) is 15.7. The van der Waals surface area contributed by atoms with E-state index in [2.05, 4.69) is 19.1 Å². The molecule has 1 saturated heterocycles. The number of allylic oxidation sites excluding steroid dienone is 1. The van der Waals surface area contributed by atoms with Crippen LogP contribution >= 0.6 is 0 Å². The van der Waals surface area contributed by atoms with E-state index in [1.54, 1.807) is 0 Å². The summed E-state index contributed by atoms with van der Waals surface area (Å²) >= 11 is 0. The lowest BCUT2D eigenvalue weighted by Crippen LogP contribution is -2.40. The fourth-order valence-electron chi connectivity index (χ4n) is 5.66. The smallest absolute Gasteiger partial charge is 0.338 e. The van der Waals surface area contributed by atoms with Gasteiger partial charge in [0.25, 0.3) is 0 Å². The van der Waals surface area contributed by atoms with Gasteiger partial charge < -0.3 is 23.7 Å². The topological polar surface area (TPSA) is 80.3 Å². The summed E-state index contributed by atoms with van der Waals surface area (Å²) in [5.41, 5.74) is 2.75. The zero-order chi connectivity index (χ0) is 31.5. The molecule has 1 aliphatic heterocycles. The van der Waals surface area contributed by atoms with Crippen LogP contribution in [0.5, 0.6) is 5.75 Å². The molecule has 1 saturated carbocycles. The van der Waals surface area contributed by atoms with Gasteiger partial charge in [0.05, 0.1) is 13.2 Å². The molecule has 7 heteroatoms. The highest BCUT2D eigenvalue weighted by molar-refractivity contribution is 5.86. The molecule has 0 spiro atoms. The van der Waals surface area contributed by atoms with Gasteiger partial charge >= 0.3 is 11.9 Å². The summed E-state index contributed by atoms with van der Waals surface area (Å²) in [6.45, 7) is 11.1. The Morgan fingerprint density at radius 2 is 1.32 bits per heavy atom. The Balaban J connectivity index is 1.31. The van der Waals surface area contributed by atoms with Crippen molar-refractivity contribution in [1.29, 1.82) is 0 Å². The zero-order valence-electron chi connectivity index (χ0n) is 27.0. The maximum atomic E-state index is 12.8. The van der Waals surface area contributed by atoms with Gasteiger partial charge in [-0.15, -0.1) is 0 Å². The highest BCUT2D eigenvalue weighted by atomic mass is 16.8. The van der Waals surface area contributed by atoms with Crippen LogP contribution in [0.3, 0.4) is 0 Å². The molecule has 0 radical (unpaired) electrons. The number of esters is 2. The normalized spacial score (nSPS) is 22.5. The molecule has 2 aliphatic rings. The Labute approximate surface area is 263 Å². The molecule has 0 N–H and O–H groups in total. The maximum absolute atomic E-state index is 12.8. The van der Waals surface area contributed by atoms with Gasteiger partial charge in [0, 0.05) is 5.56 Å². The number of carbonyl (C=O) groups excluding carboxylic acids is 2. The van der Waals surface area contributed by atoms with Crippen molar-refractivity contribution in [2.24, 2.45) is 23.7 Å². The quantitative estimate of drug-likeness (QED) is 0.159. The minimum atomic E-state index is -1.19. The van der Waals surface area contributed by atoms with Crippen LogP contribution in [0.4, 0.5) is 0 Å². The second kappa shape index (κ2) is 16.8.